The first kappa shape index (κ1) is 63.9. The fourth-order valence-electron chi connectivity index (χ4n) is 8.02. The summed E-state index contributed by atoms with van der Waals surface area (Å²) in [5.74, 6) is -2.23. The molecule has 0 spiro atoms. The molecule has 0 unspecified atom stereocenters. The Balaban J connectivity index is 1.13. The zero-order valence-electron chi connectivity index (χ0n) is 42.7. The number of benzene rings is 8. The molecule has 0 amide bonds. The number of nitrogens with two attached hydrogens (primary N) is 2. The van der Waals surface area contributed by atoms with Crippen LogP contribution in [0.15, 0.2) is 179 Å². The molecule has 8 rings (SSSR count). The molecule has 8 aromatic rings. The molecule has 0 aliphatic rings. The van der Waals surface area contributed by atoms with Crippen LogP contribution in [0, 0.1) is 20.2 Å². The number of nitrogen functional groups attached to an aromatic ring is 2. The molecule has 0 atom stereocenters. The number of phenolic OH excluding ortho intramolecular Hbond substituents is 2. The second-order valence-corrected chi connectivity index (χ2v) is 25.9. The highest BCUT2D eigenvalue weighted by Crippen LogP contribution is 2.49. The van der Waals surface area contributed by atoms with Crippen molar-refractivity contribution in [3.8, 4) is 11.5 Å². The van der Waals surface area contributed by atoms with Gasteiger partial charge in [-0.1, -0.05) is 24.3 Å². The van der Waals surface area contributed by atoms with E-state index >= 15 is 0 Å². The molecule has 36 nitrogen and oxygen atoms in total. The number of hydrogen-bond donors (Lipinski definition) is 10. The second kappa shape index (κ2) is 23.3. The maximum absolute atomic E-state index is 12.8. The number of non-ortho nitro benzene ring substituents is 2. The van der Waals surface area contributed by atoms with Crippen molar-refractivity contribution in [2.45, 2.75) is 29.4 Å². The average molecular weight is 1330 g/mol. The Hall–Kier alpha value is -10.1. The van der Waals surface area contributed by atoms with E-state index in [1.165, 1.54) is 0 Å². The summed E-state index contributed by atoms with van der Waals surface area (Å²) in [6, 6.07) is 15.1. The van der Waals surface area contributed by atoms with E-state index in [9.17, 15) is 108 Å². The highest BCUT2D eigenvalue weighted by atomic mass is 32.2. The van der Waals surface area contributed by atoms with Gasteiger partial charge < -0.3 is 21.7 Å². The second-order valence-electron chi connectivity index (χ2n) is 17.6. The van der Waals surface area contributed by atoms with E-state index in [-0.39, 0.29) is 11.4 Å². The summed E-state index contributed by atoms with van der Waals surface area (Å²) in [5, 5.41) is 73.5. The summed E-state index contributed by atoms with van der Waals surface area (Å²) in [5.41, 5.74) is 3.97. The molecule has 8 aromatic carbocycles. The number of nitro benzene ring substituents is 2. The van der Waals surface area contributed by atoms with E-state index in [4.69, 9.17) is 11.5 Å². The molecule has 0 radical (unpaired) electrons. The van der Waals surface area contributed by atoms with Gasteiger partial charge >= 0.3 is 0 Å². The van der Waals surface area contributed by atoms with Gasteiger partial charge in [0.15, 0.2) is 11.5 Å². The zero-order chi connectivity index (χ0) is 65.0. The molecule has 0 saturated carbocycles. The van der Waals surface area contributed by atoms with Gasteiger partial charge in [0.2, 0.25) is 0 Å². The molecule has 12 N–H and O–H groups in total. The van der Waals surface area contributed by atoms with Crippen LogP contribution < -0.4 is 11.5 Å². The first-order chi connectivity index (χ1) is 40.7. The number of hydrogen-bond acceptors (Lipinski definition) is 28. The number of fused-ring (bicyclic) bond motifs is 2. The van der Waals surface area contributed by atoms with Crippen molar-refractivity contribution >= 4 is 163 Å². The van der Waals surface area contributed by atoms with E-state index in [0.717, 1.165) is 84.9 Å². The van der Waals surface area contributed by atoms with Crippen molar-refractivity contribution in [3.05, 3.63) is 141 Å². The highest BCUT2D eigenvalue weighted by Gasteiger charge is 2.29. The smallest absolute Gasteiger partial charge is 0.297 e. The zero-order valence-corrected chi connectivity index (χ0v) is 47.6. The number of azo groups is 4. The fourth-order valence-corrected chi connectivity index (χ4v) is 12.0. The minimum absolute atomic E-state index is 0.310. The predicted molar refractivity (Wildman–Crippen MR) is 304 cm³/mol. The molecular formula is C46H32N12O24S6. The Morgan fingerprint density at radius 3 is 0.977 bits per heavy atom. The Morgan fingerprint density at radius 2 is 0.670 bits per heavy atom. The Bertz CT molecular complexity index is 4950. The van der Waals surface area contributed by atoms with Gasteiger partial charge in [0.25, 0.3) is 72.1 Å². The van der Waals surface area contributed by atoms with Crippen molar-refractivity contribution in [3.63, 3.8) is 0 Å². The van der Waals surface area contributed by atoms with E-state index in [1.54, 1.807) is 0 Å². The first-order valence-electron chi connectivity index (χ1n) is 23.0. The number of aromatic hydroxyl groups is 2. The minimum Gasteiger partial charge on any atom is -0.505 e. The summed E-state index contributed by atoms with van der Waals surface area (Å²) in [6.45, 7) is 0. The largest absolute Gasteiger partial charge is 0.505 e. The monoisotopic (exact) mass is 1330 g/mol. The van der Waals surface area contributed by atoms with Gasteiger partial charge in [-0.15, -0.1) is 30.7 Å². The van der Waals surface area contributed by atoms with Crippen molar-refractivity contribution in [2.24, 2.45) is 40.9 Å². The third-order valence-electron chi connectivity index (χ3n) is 11.9. The molecule has 0 aliphatic carbocycles. The number of phenols is 2. The van der Waals surface area contributed by atoms with E-state index < -0.39 is 201 Å². The van der Waals surface area contributed by atoms with E-state index in [2.05, 4.69) is 40.9 Å². The molecule has 0 bridgehead atoms. The van der Waals surface area contributed by atoms with Gasteiger partial charge in [-0.2, -0.15) is 60.7 Å². The van der Waals surface area contributed by atoms with Gasteiger partial charge in [0.1, 0.15) is 52.1 Å². The van der Waals surface area contributed by atoms with Crippen molar-refractivity contribution < 1.29 is 97.9 Å². The molecule has 0 aliphatic heterocycles. The van der Waals surface area contributed by atoms with Gasteiger partial charge in [-0.05, 0) is 83.9 Å². The Kier molecular flexibility index (Phi) is 16.9. The maximum Gasteiger partial charge on any atom is 0.297 e. The fraction of sp³-hybridized carbons (Fsp3) is 0. The first-order valence-corrected chi connectivity index (χ1v) is 31.6. The summed E-state index contributed by atoms with van der Waals surface area (Å²) < 4.78 is 211. The lowest BCUT2D eigenvalue weighted by Crippen LogP contribution is -2.02. The SMILES string of the molecule is Nc1ccc(N=Nc2ccc([N+](=O)[O-])cc2S(=O)(=O)O)c2cc(S(=O)(=O)O)c(N=Nc3ccc(/C=C/c4ccc(N=Nc5c(S(=O)(=O)O)cc6c(N=Nc7ccc([N+](=O)[O-])cc7S(=O)(=O)O)ccc(N)c6c5O)cc4S(=O)(=O)O)c(S(=O)(=O)O)c3)c(O)c12. The van der Waals surface area contributed by atoms with Gasteiger partial charge in [-0.3, -0.25) is 47.5 Å². The normalized spacial score (nSPS) is 13.1. The Morgan fingerprint density at radius 1 is 0.364 bits per heavy atom. The lowest BCUT2D eigenvalue weighted by atomic mass is 10.0. The van der Waals surface area contributed by atoms with Crippen molar-refractivity contribution in [2.75, 3.05) is 11.5 Å². The molecule has 456 valence electrons. The summed E-state index contributed by atoms with van der Waals surface area (Å²) in [4.78, 5) is 14.0. The summed E-state index contributed by atoms with van der Waals surface area (Å²) in [6.07, 6.45) is 1.79. The summed E-state index contributed by atoms with van der Waals surface area (Å²) >= 11 is 0. The molecule has 0 aromatic heterocycles. The topological polar surface area (TPSA) is 604 Å². The quantitative estimate of drug-likeness (QED) is 0.00953. The predicted octanol–water partition coefficient (Wildman–Crippen LogP) is 9.70. The Labute approximate surface area is 491 Å². The van der Waals surface area contributed by atoms with Gasteiger partial charge in [-0.25, -0.2) is 0 Å². The number of anilines is 2. The number of nitro groups is 2. The average Bonchev–Trinajstić information content (AvgIpc) is 0.786. The van der Waals surface area contributed by atoms with Crippen LogP contribution >= 0.6 is 0 Å². The van der Waals surface area contributed by atoms with E-state index in [0.29, 0.717) is 36.4 Å². The number of rotatable bonds is 18. The molecule has 88 heavy (non-hydrogen) atoms. The van der Waals surface area contributed by atoms with Gasteiger partial charge in [0, 0.05) is 46.4 Å². The maximum atomic E-state index is 12.8. The molecule has 42 heteroatoms. The van der Waals surface area contributed by atoms with Crippen molar-refractivity contribution in [1.29, 1.82) is 0 Å². The van der Waals surface area contributed by atoms with Crippen LogP contribution in [0.5, 0.6) is 11.5 Å². The summed E-state index contributed by atoms with van der Waals surface area (Å²) in [7, 11) is -31.8. The lowest BCUT2D eigenvalue weighted by Gasteiger charge is -2.12. The van der Waals surface area contributed by atoms with Crippen LogP contribution in [0.2, 0.25) is 0 Å². The standard InChI is InChI=1S/C46H32N12O24S6/c47-29-9-13-31(51-53-33-11-7-25(57(61)62)17-37(33)85(71,72)73)27-19-39(87(77,78)79)43(45(59)41(27)29)55-49-23-5-3-21(35(15-23)83(65,66)67)1-2-22-4-6-24(16-36(22)84(68,69)70)50-56-44-40(88(80,81)82)20-28-32(14-10-30(48)42(28)46(44)60)52-54-34-12-8-26(58(63)64)18-38(34)86(74,75)76/h1-20,59-60H,47-48H2,(H,65,66,67)(H,68,69,70)(H,71,72,73)(H,74,75,76)(H,77,78,79)(H,80,81,82)/b2-1+,53-51?,54-52?,55-49?,56-50?. The van der Waals surface area contributed by atoms with Crippen LogP contribution in [0.4, 0.5) is 68.2 Å². The molecule has 0 saturated heterocycles. The molecule has 0 fully saturated rings. The van der Waals surface area contributed by atoms with Crippen LogP contribution in [-0.4, -0.2) is 97.9 Å². The third-order valence-corrected chi connectivity index (χ3v) is 17.2. The van der Waals surface area contributed by atoms with Crippen LogP contribution in [0.1, 0.15) is 11.1 Å². The third kappa shape index (κ3) is 13.6. The number of nitrogens with zero attached hydrogens (tertiary/aromatic N) is 10. The highest BCUT2D eigenvalue weighted by molar-refractivity contribution is 7.87. The minimum atomic E-state index is -5.43. The lowest BCUT2D eigenvalue weighted by molar-refractivity contribution is -0.385. The van der Waals surface area contributed by atoms with E-state index in [1.807, 2.05) is 0 Å². The van der Waals surface area contributed by atoms with Crippen LogP contribution in [0.3, 0.4) is 0 Å². The molecule has 0 heterocycles. The molecular weight excluding hydrogens is 1300 g/mol. The van der Waals surface area contributed by atoms with Crippen molar-refractivity contribution in [1.82, 2.24) is 0 Å². The van der Waals surface area contributed by atoms with Crippen LogP contribution in [-0.2, 0) is 60.7 Å². The van der Waals surface area contributed by atoms with Crippen LogP contribution in [0.25, 0.3) is 33.7 Å². The van der Waals surface area contributed by atoms with Gasteiger partial charge in [0.05, 0.1) is 43.4 Å².